The summed E-state index contributed by atoms with van der Waals surface area (Å²) in [5, 5.41) is 0. The Morgan fingerprint density at radius 1 is 1.20 bits per heavy atom. The summed E-state index contributed by atoms with van der Waals surface area (Å²) in [5.74, 6) is -0.157. The van der Waals surface area contributed by atoms with Gasteiger partial charge in [-0.15, -0.1) is 12.6 Å². The van der Waals surface area contributed by atoms with Crippen LogP contribution in [0.1, 0.15) is 11.1 Å². The summed E-state index contributed by atoms with van der Waals surface area (Å²) >= 11 is 4.15. The van der Waals surface area contributed by atoms with Gasteiger partial charge < -0.3 is 0 Å². The number of halogens is 1. The number of benzene rings is 1. The van der Waals surface area contributed by atoms with Crippen molar-refractivity contribution in [2.45, 2.75) is 18.7 Å². The second kappa shape index (κ2) is 2.62. The average Bonchev–Trinajstić information content (AvgIpc) is 1.93. The van der Waals surface area contributed by atoms with Gasteiger partial charge in [-0.3, -0.25) is 0 Å². The highest BCUT2D eigenvalue weighted by Gasteiger charge is 2.01. The Morgan fingerprint density at radius 2 is 1.80 bits per heavy atom. The van der Waals surface area contributed by atoms with Crippen molar-refractivity contribution < 1.29 is 4.39 Å². The zero-order valence-electron chi connectivity index (χ0n) is 5.98. The average molecular weight is 156 g/mol. The normalized spacial score (nSPS) is 10.0. The quantitative estimate of drug-likeness (QED) is 0.548. The van der Waals surface area contributed by atoms with Gasteiger partial charge in [-0.25, -0.2) is 4.39 Å². The van der Waals surface area contributed by atoms with Gasteiger partial charge in [0, 0.05) is 4.90 Å². The van der Waals surface area contributed by atoms with Crippen molar-refractivity contribution in [2.75, 3.05) is 0 Å². The van der Waals surface area contributed by atoms with Gasteiger partial charge in [-0.2, -0.15) is 0 Å². The van der Waals surface area contributed by atoms with Crippen LogP contribution in [-0.2, 0) is 0 Å². The monoisotopic (exact) mass is 156 g/mol. The van der Waals surface area contributed by atoms with Gasteiger partial charge >= 0.3 is 0 Å². The molecule has 0 saturated carbocycles. The summed E-state index contributed by atoms with van der Waals surface area (Å²) in [5.41, 5.74) is 1.61. The highest BCUT2D eigenvalue weighted by Crippen LogP contribution is 2.18. The van der Waals surface area contributed by atoms with E-state index in [1.165, 1.54) is 6.07 Å². The zero-order valence-corrected chi connectivity index (χ0v) is 6.87. The zero-order chi connectivity index (χ0) is 7.72. The number of rotatable bonds is 0. The lowest BCUT2D eigenvalue weighted by atomic mass is 10.1. The Labute approximate surface area is 65.5 Å². The van der Waals surface area contributed by atoms with Gasteiger partial charge in [0.2, 0.25) is 0 Å². The van der Waals surface area contributed by atoms with Crippen LogP contribution >= 0.6 is 12.6 Å². The molecule has 0 N–H and O–H groups in total. The van der Waals surface area contributed by atoms with E-state index in [4.69, 9.17) is 0 Å². The second-order valence-electron chi connectivity index (χ2n) is 2.32. The molecule has 0 nitrogen and oxygen atoms in total. The molecule has 2 heteroatoms. The van der Waals surface area contributed by atoms with E-state index >= 15 is 0 Å². The predicted molar refractivity (Wildman–Crippen MR) is 43.1 cm³/mol. The molecule has 0 radical (unpaired) electrons. The summed E-state index contributed by atoms with van der Waals surface area (Å²) in [6, 6.07) is 3.10. The van der Waals surface area contributed by atoms with Gasteiger partial charge in [0.1, 0.15) is 5.82 Å². The van der Waals surface area contributed by atoms with E-state index in [2.05, 4.69) is 12.6 Å². The first-order valence-electron chi connectivity index (χ1n) is 3.07. The SMILES string of the molecule is Cc1c(F)ccc(S)c1C. The second-order valence-corrected chi connectivity index (χ2v) is 2.80. The van der Waals surface area contributed by atoms with Crippen molar-refractivity contribution in [2.24, 2.45) is 0 Å². The molecule has 0 aliphatic carbocycles. The first kappa shape index (κ1) is 7.61. The highest BCUT2D eigenvalue weighted by atomic mass is 32.1. The summed E-state index contributed by atoms with van der Waals surface area (Å²) in [6.45, 7) is 3.62. The molecule has 0 unspecified atom stereocenters. The molecule has 0 aliphatic rings. The minimum absolute atomic E-state index is 0.157. The number of thiol groups is 1. The van der Waals surface area contributed by atoms with Crippen molar-refractivity contribution in [3.8, 4) is 0 Å². The first-order valence-corrected chi connectivity index (χ1v) is 3.52. The molecule has 0 atom stereocenters. The fourth-order valence-corrected chi connectivity index (χ4v) is 1.02. The summed E-state index contributed by atoms with van der Waals surface area (Å²) < 4.78 is 12.7. The molecule has 0 aliphatic heterocycles. The summed E-state index contributed by atoms with van der Waals surface area (Å²) in [4.78, 5) is 0.846. The molecule has 1 aromatic rings. The van der Waals surface area contributed by atoms with Crippen LogP contribution in [0.2, 0.25) is 0 Å². The van der Waals surface area contributed by atoms with Crippen LogP contribution < -0.4 is 0 Å². The van der Waals surface area contributed by atoms with E-state index in [-0.39, 0.29) is 5.82 Å². The molecule has 0 bridgehead atoms. The number of hydrogen-bond donors (Lipinski definition) is 1. The van der Waals surface area contributed by atoms with Crippen LogP contribution in [0.4, 0.5) is 4.39 Å². The molecular weight excluding hydrogens is 147 g/mol. The lowest BCUT2D eigenvalue weighted by Gasteiger charge is -2.02. The maximum Gasteiger partial charge on any atom is 0.126 e. The van der Waals surface area contributed by atoms with Crippen LogP contribution in [0.3, 0.4) is 0 Å². The van der Waals surface area contributed by atoms with E-state index in [1.54, 1.807) is 13.0 Å². The Bertz CT molecular complexity index is 229. The Kier molecular flexibility index (Phi) is 2.00. The first-order chi connectivity index (χ1) is 4.63. The maximum absolute atomic E-state index is 12.7. The topological polar surface area (TPSA) is 0 Å². The minimum atomic E-state index is -0.157. The molecule has 0 amide bonds. The molecule has 0 aromatic heterocycles. The molecule has 1 aromatic carbocycles. The predicted octanol–water partition coefficient (Wildman–Crippen LogP) is 2.73. The van der Waals surface area contributed by atoms with Crippen molar-refractivity contribution in [3.05, 3.63) is 29.1 Å². The third-order valence-electron chi connectivity index (χ3n) is 1.69. The highest BCUT2D eigenvalue weighted by molar-refractivity contribution is 7.80. The van der Waals surface area contributed by atoms with E-state index in [9.17, 15) is 4.39 Å². The Hall–Kier alpha value is -0.500. The van der Waals surface area contributed by atoms with E-state index in [1.807, 2.05) is 6.92 Å². The molecule has 1 rings (SSSR count). The largest absolute Gasteiger partial charge is 0.207 e. The van der Waals surface area contributed by atoms with Crippen LogP contribution in [0, 0.1) is 19.7 Å². The van der Waals surface area contributed by atoms with Gasteiger partial charge in [0.05, 0.1) is 0 Å². The van der Waals surface area contributed by atoms with Gasteiger partial charge in [-0.1, -0.05) is 0 Å². The van der Waals surface area contributed by atoms with Gasteiger partial charge in [0.25, 0.3) is 0 Å². The Morgan fingerprint density at radius 3 is 2.30 bits per heavy atom. The van der Waals surface area contributed by atoms with Crippen molar-refractivity contribution in [3.63, 3.8) is 0 Å². The third-order valence-corrected chi connectivity index (χ3v) is 2.18. The van der Waals surface area contributed by atoms with Crippen molar-refractivity contribution >= 4 is 12.6 Å². The molecule has 0 fully saturated rings. The third kappa shape index (κ3) is 1.16. The minimum Gasteiger partial charge on any atom is -0.207 e. The van der Waals surface area contributed by atoms with E-state index in [0.29, 0.717) is 5.56 Å². The van der Waals surface area contributed by atoms with Crippen LogP contribution in [0.25, 0.3) is 0 Å². The van der Waals surface area contributed by atoms with E-state index < -0.39 is 0 Å². The van der Waals surface area contributed by atoms with Gasteiger partial charge in [-0.05, 0) is 37.1 Å². The molecule has 0 spiro atoms. The van der Waals surface area contributed by atoms with Crippen LogP contribution in [0.15, 0.2) is 17.0 Å². The summed E-state index contributed by atoms with van der Waals surface area (Å²) in [7, 11) is 0. The fraction of sp³-hybridized carbons (Fsp3) is 0.250. The smallest absolute Gasteiger partial charge is 0.126 e. The standard InChI is InChI=1S/C8H9FS/c1-5-6(2)8(10)4-3-7(5)9/h3-4,10H,1-2H3. The molecule has 0 heterocycles. The van der Waals surface area contributed by atoms with E-state index in [0.717, 1.165) is 10.5 Å². The Balaban J connectivity index is 3.34. The fourth-order valence-electron chi connectivity index (χ4n) is 0.773. The van der Waals surface area contributed by atoms with Crippen LogP contribution in [0.5, 0.6) is 0 Å². The molecule has 0 saturated heterocycles. The summed E-state index contributed by atoms with van der Waals surface area (Å²) in [6.07, 6.45) is 0. The molecular formula is C8H9FS. The number of hydrogen-bond acceptors (Lipinski definition) is 1. The lowest BCUT2D eigenvalue weighted by Crippen LogP contribution is -1.87. The molecule has 10 heavy (non-hydrogen) atoms. The van der Waals surface area contributed by atoms with Crippen molar-refractivity contribution in [1.29, 1.82) is 0 Å². The lowest BCUT2D eigenvalue weighted by molar-refractivity contribution is 0.615. The van der Waals surface area contributed by atoms with Gasteiger partial charge in [0.15, 0.2) is 0 Å². The van der Waals surface area contributed by atoms with Crippen molar-refractivity contribution in [1.82, 2.24) is 0 Å². The molecule has 54 valence electrons. The maximum atomic E-state index is 12.7. The van der Waals surface area contributed by atoms with Crippen LogP contribution in [-0.4, -0.2) is 0 Å².